The molecule has 2 aliphatic heterocycles. The van der Waals surface area contributed by atoms with Crippen LogP contribution in [0.25, 0.3) is 0 Å². The van der Waals surface area contributed by atoms with E-state index < -0.39 is 0 Å². The molecule has 1 aliphatic carbocycles. The molecule has 0 unspecified atom stereocenters. The van der Waals surface area contributed by atoms with Gasteiger partial charge in [-0.05, 0) is 63.6 Å². The number of carbonyl (C=O) groups is 2. The molecule has 146 valence electrons. The molecule has 2 amide bonds. The molecule has 1 N–H and O–H groups in total. The molecule has 0 aromatic carbocycles. The Labute approximate surface area is 161 Å². The number of hydrogen-bond donors (Lipinski definition) is 1. The zero-order valence-electron chi connectivity index (χ0n) is 16.2. The van der Waals surface area contributed by atoms with E-state index in [1.54, 1.807) is 12.4 Å². The maximum Gasteiger partial charge on any atom is 0.255 e. The third kappa shape index (κ3) is 4.32. The van der Waals surface area contributed by atoms with Crippen LogP contribution < -0.4 is 5.32 Å². The molecule has 27 heavy (non-hydrogen) atoms. The summed E-state index contributed by atoms with van der Waals surface area (Å²) in [5.41, 5.74) is 1.70. The highest BCUT2D eigenvalue weighted by Crippen LogP contribution is 2.26. The molecule has 3 aliphatic rings. The second-order valence-corrected chi connectivity index (χ2v) is 8.33. The number of amides is 2. The standard InChI is InChI=1S/C21H30N4O2/c1-15-6-9-22-13-19(15)21(27)24-11-7-18(8-12-24)25-10-2-3-16(14-25)20(26)23-17-4-5-17/h6,9,13,16-18H,2-5,7-8,10-12,14H2,1H3,(H,23,26)/t16-/m0/s1. The predicted molar refractivity (Wildman–Crippen MR) is 103 cm³/mol. The van der Waals surface area contributed by atoms with Gasteiger partial charge in [-0.3, -0.25) is 19.5 Å². The first-order valence-electron chi connectivity index (χ1n) is 10.4. The number of aryl methyl sites for hydroxylation is 1. The summed E-state index contributed by atoms with van der Waals surface area (Å²) < 4.78 is 0. The number of carbonyl (C=O) groups excluding carboxylic acids is 2. The van der Waals surface area contributed by atoms with Crippen molar-refractivity contribution >= 4 is 11.8 Å². The van der Waals surface area contributed by atoms with E-state index in [2.05, 4.69) is 15.2 Å². The molecule has 2 saturated heterocycles. The number of pyridine rings is 1. The number of nitrogens with one attached hydrogen (secondary N) is 1. The summed E-state index contributed by atoms with van der Waals surface area (Å²) in [5.74, 6) is 0.485. The number of aromatic nitrogens is 1. The molecule has 0 spiro atoms. The first kappa shape index (κ1) is 18.4. The van der Waals surface area contributed by atoms with Crippen molar-refractivity contribution in [1.29, 1.82) is 0 Å². The van der Waals surface area contributed by atoms with E-state index in [0.29, 0.717) is 17.6 Å². The monoisotopic (exact) mass is 370 g/mol. The fourth-order valence-electron chi connectivity index (χ4n) is 4.39. The molecule has 4 rings (SSSR count). The molecule has 0 bridgehead atoms. The SMILES string of the molecule is Cc1ccncc1C(=O)N1CCC(N2CCC[C@H](C(=O)NC3CC3)C2)CC1. The smallest absolute Gasteiger partial charge is 0.255 e. The molecule has 6 nitrogen and oxygen atoms in total. The van der Waals surface area contributed by atoms with Gasteiger partial charge in [-0.2, -0.15) is 0 Å². The summed E-state index contributed by atoms with van der Waals surface area (Å²) in [6.45, 7) is 5.48. The van der Waals surface area contributed by atoms with E-state index >= 15 is 0 Å². The first-order valence-corrected chi connectivity index (χ1v) is 10.4. The van der Waals surface area contributed by atoms with Crippen molar-refractivity contribution in [2.24, 2.45) is 5.92 Å². The lowest BCUT2D eigenvalue weighted by atomic mass is 9.93. The largest absolute Gasteiger partial charge is 0.353 e. The van der Waals surface area contributed by atoms with Crippen LogP contribution in [-0.4, -0.2) is 64.9 Å². The summed E-state index contributed by atoms with van der Waals surface area (Å²) in [6.07, 6.45) is 9.77. The van der Waals surface area contributed by atoms with Gasteiger partial charge in [0, 0.05) is 44.1 Å². The Hall–Kier alpha value is -1.95. The summed E-state index contributed by atoms with van der Waals surface area (Å²) in [7, 11) is 0. The average molecular weight is 370 g/mol. The van der Waals surface area contributed by atoms with Crippen LogP contribution in [-0.2, 0) is 4.79 Å². The highest BCUT2D eigenvalue weighted by molar-refractivity contribution is 5.95. The van der Waals surface area contributed by atoms with Crippen molar-refractivity contribution in [3.63, 3.8) is 0 Å². The van der Waals surface area contributed by atoms with Gasteiger partial charge in [0.2, 0.25) is 5.91 Å². The van der Waals surface area contributed by atoms with E-state index in [1.807, 2.05) is 17.9 Å². The van der Waals surface area contributed by atoms with Crippen LogP contribution in [0.2, 0.25) is 0 Å². The van der Waals surface area contributed by atoms with Crippen molar-refractivity contribution in [2.45, 2.75) is 57.5 Å². The molecule has 1 saturated carbocycles. The molecule has 1 atom stereocenters. The number of piperidine rings is 2. The van der Waals surface area contributed by atoms with Crippen LogP contribution in [0.5, 0.6) is 0 Å². The third-order valence-corrected chi connectivity index (χ3v) is 6.28. The maximum atomic E-state index is 12.8. The van der Waals surface area contributed by atoms with Gasteiger partial charge in [0.1, 0.15) is 0 Å². The quantitative estimate of drug-likeness (QED) is 0.880. The molecular weight excluding hydrogens is 340 g/mol. The predicted octanol–water partition coefficient (Wildman–Crippen LogP) is 1.99. The van der Waals surface area contributed by atoms with Crippen LogP contribution in [0.15, 0.2) is 18.5 Å². The Balaban J connectivity index is 1.30. The Morgan fingerprint density at radius 1 is 1.11 bits per heavy atom. The third-order valence-electron chi connectivity index (χ3n) is 6.28. The highest BCUT2D eigenvalue weighted by atomic mass is 16.2. The first-order chi connectivity index (χ1) is 13.1. The normalized spacial score (nSPS) is 24.6. The molecule has 3 fully saturated rings. The molecule has 0 radical (unpaired) electrons. The molecular formula is C21H30N4O2. The lowest BCUT2D eigenvalue weighted by molar-refractivity contribution is -0.127. The summed E-state index contributed by atoms with van der Waals surface area (Å²) in [6, 6.07) is 2.82. The van der Waals surface area contributed by atoms with Gasteiger partial charge >= 0.3 is 0 Å². The zero-order chi connectivity index (χ0) is 18.8. The van der Waals surface area contributed by atoms with E-state index in [1.165, 1.54) is 0 Å². The van der Waals surface area contributed by atoms with Gasteiger partial charge < -0.3 is 10.2 Å². The van der Waals surface area contributed by atoms with E-state index in [9.17, 15) is 9.59 Å². The van der Waals surface area contributed by atoms with Crippen molar-refractivity contribution in [3.8, 4) is 0 Å². The Morgan fingerprint density at radius 2 is 1.89 bits per heavy atom. The van der Waals surface area contributed by atoms with Gasteiger partial charge in [-0.1, -0.05) is 0 Å². The van der Waals surface area contributed by atoms with E-state index in [4.69, 9.17) is 0 Å². The van der Waals surface area contributed by atoms with Crippen LogP contribution in [0.1, 0.15) is 54.4 Å². The number of likely N-dealkylation sites (tertiary alicyclic amines) is 2. The number of hydrogen-bond acceptors (Lipinski definition) is 4. The molecule has 3 heterocycles. The van der Waals surface area contributed by atoms with E-state index in [-0.39, 0.29) is 17.7 Å². The second-order valence-electron chi connectivity index (χ2n) is 8.33. The average Bonchev–Trinajstić information content (AvgIpc) is 3.52. The van der Waals surface area contributed by atoms with Crippen molar-refractivity contribution in [2.75, 3.05) is 26.2 Å². The topological polar surface area (TPSA) is 65.5 Å². The number of nitrogens with zero attached hydrogens (tertiary/aromatic N) is 3. The molecule has 1 aromatic heterocycles. The van der Waals surface area contributed by atoms with Gasteiger partial charge in [-0.25, -0.2) is 0 Å². The minimum atomic E-state index is 0.0966. The zero-order valence-corrected chi connectivity index (χ0v) is 16.2. The minimum Gasteiger partial charge on any atom is -0.353 e. The lowest BCUT2D eigenvalue weighted by Gasteiger charge is -2.42. The fraction of sp³-hybridized carbons (Fsp3) is 0.667. The molecule has 6 heteroatoms. The fourth-order valence-corrected chi connectivity index (χ4v) is 4.39. The summed E-state index contributed by atoms with van der Waals surface area (Å²) in [5, 5.41) is 3.17. The maximum absolute atomic E-state index is 12.8. The van der Waals surface area contributed by atoms with Gasteiger partial charge in [-0.15, -0.1) is 0 Å². The minimum absolute atomic E-state index is 0.0966. The number of rotatable bonds is 4. The highest BCUT2D eigenvalue weighted by Gasteiger charge is 2.34. The summed E-state index contributed by atoms with van der Waals surface area (Å²) in [4.78, 5) is 33.7. The molecule has 1 aromatic rings. The van der Waals surface area contributed by atoms with Gasteiger partial charge in [0.15, 0.2) is 0 Å². The van der Waals surface area contributed by atoms with Crippen LogP contribution in [0.4, 0.5) is 0 Å². The Kier molecular flexibility index (Phi) is 5.43. The Morgan fingerprint density at radius 3 is 2.59 bits per heavy atom. The second kappa shape index (κ2) is 7.97. The van der Waals surface area contributed by atoms with Crippen LogP contribution >= 0.6 is 0 Å². The van der Waals surface area contributed by atoms with Crippen LogP contribution in [0, 0.1) is 12.8 Å². The Bertz CT molecular complexity index is 695. The van der Waals surface area contributed by atoms with Gasteiger partial charge in [0.05, 0.1) is 11.5 Å². The lowest BCUT2D eigenvalue weighted by Crippen LogP contribution is -2.51. The van der Waals surface area contributed by atoms with Crippen molar-refractivity contribution in [3.05, 3.63) is 29.6 Å². The van der Waals surface area contributed by atoms with E-state index in [0.717, 1.165) is 70.3 Å². The van der Waals surface area contributed by atoms with Crippen molar-refractivity contribution in [1.82, 2.24) is 20.1 Å². The van der Waals surface area contributed by atoms with Gasteiger partial charge in [0.25, 0.3) is 5.91 Å². The van der Waals surface area contributed by atoms with Crippen LogP contribution in [0.3, 0.4) is 0 Å². The summed E-state index contributed by atoms with van der Waals surface area (Å²) >= 11 is 0. The van der Waals surface area contributed by atoms with Crippen molar-refractivity contribution < 1.29 is 9.59 Å².